The van der Waals surface area contributed by atoms with E-state index in [9.17, 15) is 4.39 Å². The van der Waals surface area contributed by atoms with Gasteiger partial charge in [-0.25, -0.2) is 4.39 Å². The molecule has 1 heterocycles. The fraction of sp³-hybridized carbons (Fsp3) is 0.286. The van der Waals surface area contributed by atoms with Crippen LogP contribution in [0.1, 0.15) is 22.0 Å². The first kappa shape index (κ1) is 14.3. The molecule has 0 saturated carbocycles. The Bertz CT molecular complexity index is 565. The molecule has 5 heteroatoms. The van der Waals surface area contributed by atoms with Crippen molar-refractivity contribution in [2.45, 2.75) is 13.0 Å². The fourth-order valence-electron chi connectivity index (χ4n) is 1.95. The maximum absolute atomic E-state index is 14.1. The summed E-state index contributed by atoms with van der Waals surface area (Å²) in [4.78, 5) is 0.995. The van der Waals surface area contributed by atoms with Crippen LogP contribution in [0.2, 0.25) is 4.34 Å². The standard InChI is InChI=1S/C14H15ClFNOS/c1-8-6-12(19-14(8)15)13(17-2)10-5-4-9(18-3)7-11(10)16/h4-7,13,17H,1-3H3. The Balaban J connectivity index is 2.42. The molecule has 0 aliphatic carbocycles. The van der Waals surface area contributed by atoms with Gasteiger partial charge in [-0.2, -0.15) is 0 Å². The fourth-order valence-corrected chi connectivity index (χ4v) is 3.29. The van der Waals surface area contributed by atoms with Gasteiger partial charge < -0.3 is 10.1 Å². The van der Waals surface area contributed by atoms with Crippen LogP contribution in [0.25, 0.3) is 0 Å². The SMILES string of the molecule is CNC(c1cc(C)c(Cl)s1)c1ccc(OC)cc1F. The number of rotatable bonds is 4. The molecule has 1 unspecified atom stereocenters. The molecule has 0 aliphatic heterocycles. The molecule has 2 aromatic rings. The average molecular weight is 300 g/mol. The molecular weight excluding hydrogens is 285 g/mol. The van der Waals surface area contributed by atoms with Crippen molar-refractivity contribution in [2.75, 3.05) is 14.2 Å². The van der Waals surface area contributed by atoms with Crippen molar-refractivity contribution in [1.29, 1.82) is 0 Å². The van der Waals surface area contributed by atoms with Gasteiger partial charge in [-0.1, -0.05) is 17.7 Å². The summed E-state index contributed by atoms with van der Waals surface area (Å²) in [5.41, 5.74) is 1.59. The lowest BCUT2D eigenvalue weighted by Crippen LogP contribution is -2.17. The Morgan fingerprint density at radius 2 is 2.11 bits per heavy atom. The molecule has 0 fully saturated rings. The highest BCUT2D eigenvalue weighted by molar-refractivity contribution is 7.16. The highest BCUT2D eigenvalue weighted by Gasteiger charge is 2.19. The van der Waals surface area contributed by atoms with E-state index in [1.165, 1.54) is 24.5 Å². The zero-order valence-electron chi connectivity index (χ0n) is 11.0. The molecule has 2 rings (SSSR count). The summed E-state index contributed by atoms with van der Waals surface area (Å²) in [6.07, 6.45) is 0. The summed E-state index contributed by atoms with van der Waals surface area (Å²) in [5, 5.41) is 3.12. The highest BCUT2D eigenvalue weighted by atomic mass is 35.5. The van der Waals surface area contributed by atoms with Crippen LogP contribution in [-0.2, 0) is 0 Å². The van der Waals surface area contributed by atoms with Crippen LogP contribution in [0, 0.1) is 12.7 Å². The Morgan fingerprint density at radius 3 is 2.58 bits per heavy atom. The van der Waals surface area contributed by atoms with Gasteiger partial charge in [-0.15, -0.1) is 11.3 Å². The van der Waals surface area contributed by atoms with Gasteiger partial charge in [-0.05, 0) is 31.7 Å². The summed E-state index contributed by atoms with van der Waals surface area (Å²) in [5.74, 6) is 0.220. The third-order valence-corrected chi connectivity index (χ3v) is 4.59. The van der Waals surface area contributed by atoms with Gasteiger partial charge in [0.15, 0.2) is 0 Å². The van der Waals surface area contributed by atoms with Gasteiger partial charge in [-0.3, -0.25) is 0 Å². The molecule has 0 amide bonds. The maximum atomic E-state index is 14.1. The second kappa shape index (κ2) is 5.90. The van der Waals surface area contributed by atoms with Crippen molar-refractivity contribution in [1.82, 2.24) is 5.32 Å². The summed E-state index contributed by atoms with van der Waals surface area (Å²) in [6.45, 7) is 1.94. The Kier molecular flexibility index (Phi) is 4.45. The zero-order valence-corrected chi connectivity index (χ0v) is 12.5. The minimum absolute atomic E-state index is 0.206. The number of methoxy groups -OCH3 is 1. The third kappa shape index (κ3) is 2.91. The first-order chi connectivity index (χ1) is 9.06. The molecular formula is C14H15ClFNOS. The van der Waals surface area contributed by atoms with E-state index < -0.39 is 0 Å². The Hall–Kier alpha value is -1.10. The Morgan fingerprint density at radius 1 is 1.37 bits per heavy atom. The molecule has 1 aromatic carbocycles. The van der Waals surface area contributed by atoms with Crippen molar-refractivity contribution in [2.24, 2.45) is 0 Å². The van der Waals surface area contributed by atoms with Crippen LogP contribution in [0.3, 0.4) is 0 Å². The van der Waals surface area contributed by atoms with E-state index in [0.29, 0.717) is 11.3 Å². The van der Waals surface area contributed by atoms with Crippen molar-refractivity contribution in [3.05, 3.63) is 50.4 Å². The first-order valence-corrected chi connectivity index (χ1v) is 7.02. The lowest BCUT2D eigenvalue weighted by Gasteiger charge is -2.16. The average Bonchev–Trinajstić information content (AvgIpc) is 2.72. The monoisotopic (exact) mass is 299 g/mol. The number of halogens is 2. The molecule has 0 saturated heterocycles. The van der Waals surface area contributed by atoms with Gasteiger partial charge in [0.2, 0.25) is 0 Å². The van der Waals surface area contributed by atoms with Crippen LogP contribution in [0.4, 0.5) is 4.39 Å². The molecule has 0 aliphatic rings. The van der Waals surface area contributed by atoms with Crippen molar-refractivity contribution in [3.8, 4) is 5.75 Å². The van der Waals surface area contributed by atoms with Crippen LogP contribution in [0.5, 0.6) is 5.75 Å². The lowest BCUT2D eigenvalue weighted by molar-refractivity contribution is 0.410. The predicted molar refractivity (Wildman–Crippen MR) is 77.9 cm³/mol. The summed E-state index contributed by atoms with van der Waals surface area (Å²) in [7, 11) is 3.32. The van der Waals surface area contributed by atoms with Gasteiger partial charge >= 0.3 is 0 Å². The smallest absolute Gasteiger partial charge is 0.132 e. The zero-order chi connectivity index (χ0) is 14.0. The number of ether oxygens (including phenoxy) is 1. The van der Waals surface area contributed by atoms with E-state index in [4.69, 9.17) is 16.3 Å². The van der Waals surface area contributed by atoms with E-state index >= 15 is 0 Å². The number of benzene rings is 1. The topological polar surface area (TPSA) is 21.3 Å². The normalized spacial score (nSPS) is 12.5. The van der Waals surface area contributed by atoms with Crippen LogP contribution in [0.15, 0.2) is 24.3 Å². The quantitative estimate of drug-likeness (QED) is 0.915. The number of nitrogens with one attached hydrogen (secondary N) is 1. The van der Waals surface area contributed by atoms with E-state index in [0.717, 1.165) is 14.8 Å². The second-order valence-electron chi connectivity index (χ2n) is 4.21. The molecule has 0 bridgehead atoms. The van der Waals surface area contributed by atoms with Crippen LogP contribution < -0.4 is 10.1 Å². The number of thiophene rings is 1. The van der Waals surface area contributed by atoms with E-state index in [-0.39, 0.29) is 11.9 Å². The van der Waals surface area contributed by atoms with Crippen molar-refractivity contribution >= 4 is 22.9 Å². The van der Waals surface area contributed by atoms with E-state index in [2.05, 4.69) is 5.32 Å². The van der Waals surface area contributed by atoms with Gasteiger partial charge in [0.25, 0.3) is 0 Å². The second-order valence-corrected chi connectivity index (χ2v) is 5.90. The van der Waals surface area contributed by atoms with Crippen molar-refractivity contribution < 1.29 is 9.13 Å². The summed E-state index contributed by atoms with van der Waals surface area (Å²) < 4.78 is 19.9. The largest absolute Gasteiger partial charge is 0.497 e. The highest BCUT2D eigenvalue weighted by Crippen LogP contribution is 2.35. The molecule has 1 atom stereocenters. The predicted octanol–water partition coefficient (Wildman–Crippen LogP) is 4.17. The molecule has 1 aromatic heterocycles. The Labute approximate surface area is 121 Å². The summed E-state index contributed by atoms with van der Waals surface area (Å²) in [6, 6.07) is 6.66. The number of aryl methyl sites for hydroxylation is 1. The number of hydrogen-bond acceptors (Lipinski definition) is 3. The molecule has 19 heavy (non-hydrogen) atoms. The maximum Gasteiger partial charge on any atom is 0.132 e. The van der Waals surface area contributed by atoms with Gasteiger partial charge in [0.1, 0.15) is 11.6 Å². The summed E-state index contributed by atoms with van der Waals surface area (Å²) >= 11 is 7.55. The van der Waals surface area contributed by atoms with Gasteiger partial charge in [0.05, 0.1) is 17.5 Å². The van der Waals surface area contributed by atoms with Crippen molar-refractivity contribution in [3.63, 3.8) is 0 Å². The molecule has 102 valence electrons. The lowest BCUT2D eigenvalue weighted by atomic mass is 10.0. The van der Waals surface area contributed by atoms with Crippen LogP contribution >= 0.6 is 22.9 Å². The third-order valence-electron chi connectivity index (χ3n) is 2.97. The molecule has 1 N–H and O–H groups in total. The van der Waals surface area contributed by atoms with Crippen LogP contribution in [-0.4, -0.2) is 14.2 Å². The number of hydrogen-bond donors (Lipinski definition) is 1. The molecule has 2 nitrogen and oxygen atoms in total. The van der Waals surface area contributed by atoms with E-state index in [1.54, 1.807) is 19.2 Å². The molecule has 0 radical (unpaired) electrons. The first-order valence-electron chi connectivity index (χ1n) is 5.83. The van der Waals surface area contributed by atoms with E-state index in [1.807, 2.05) is 13.0 Å². The van der Waals surface area contributed by atoms with Gasteiger partial charge in [0, 0.05) is 16.5 Å². The minimum Gasteiger partial charge on any atom is -0.497 e. The minimum atomic E-state index is -0.291. The molecule has 0 spiro atoms.